The third-order valence-corrected chi connectivity index (χ3v) is 4.26. The number of halogens is 3. The van der Waals surface area contributed by atoms with Gasteiger partial charge in [-0.15, -0.1) is 0 Å². The zero-order chi connectivity index (χ0) is 19.3. The van der Waals surface area contributed by atoms with Gasteiger partial charge in [0.05, 0.1) is 0 Å². The average molecular weight is 375 g/mol. The Balaban J connectivity index is 1.98. The van der Waals surface area contributed by atoms with Gasteiger partial charge in [-0.3, -0.25) is 9.69 Å². The van der Waals surface area contributed by atoms with Crippen LogP contribution in [0.3, 0.4) is 0 Å². The number of carbonyl (C=O) groups is 1. The Morgan fingerprint density at radius 3 is 2.50 bits per heavy atom. The third-order valence-electron chi connectivity index (χ3n) is 4.26. The second kappa shape index (κ2) is 8.43. The van der Waals surface area contributed by atoms with Crippen LogP contribution in [0.25, 0.3) is 0 Å². The molecule has 3 N–H and O–H groups in total. The standard InChI is InChI=1S/C16H24F3N5O2/c1-3-21-15(22-10-12-4-5-13(26-12)14(20)25)24-8-6-23(7-9-24)11(2)16(17,18)19/h4-5,11H,3,6-10H2,1-2H3,(H2,20,25)(H,21,22). The van der Waals surface area contributed by atoms with Crippen LogP contribution >= 0.6 is 0 Å². The number of rotatable bonds is 5. The van der Waals surface area contributed by atoms with Crippen LogP contribution in [-0.2, 0) is 6.54 Å². The average Bonchev–Trinajstić information content (AvgIpc) is 3.06. The smallest absolute Gasteiger partial charge is 0.403 e. The quantitative estimate of drug-likeness (QED) is 0.600. The van der Waals surface area contributed by atoms with E-state index in [0.29, 0.717) is 44.4 Å². The predicted molar refractivity (Wildman–Crippen MR) is 90.7 cm³/mol. The van der Waals surface area contributed by atoms with E-state index in [1.807, 2.05) is 11.8 Å². The van der Waals surface area contributed by atoms with E-state index in [1.54, 1.807) is 6.07 Å². The number of carbonyl (C=O) groups excluding carboxylic acids is 1. The van der Waals surface area contributed by atoms with Crippen molar-refractivity contribution in [2.24, 2.45) is 10.7 Å². The van der Waals surface area contributed by atoms with E-state index < -0.39 is 18.1 Å². The summed E-state index contributed by atoms with van der Waals surface area (Å²) < 4.78 is 43.8. The van der Waals surface area contributed by atoms with Gasteiger partial charge in [0.25, 0.3) is 5.91 Å². The van der Waals surface area contributed by atoms with Crippen LogP contribution in [0.15, 0.2) is 21.5 Å². The number of furan rings is 1. The Kier molecular flexibility index (Phi) is 6.52. The highest BCUT2D eigenvalue weighted by Crippen LogP contribution is 2.25. The predicted octanol–water partition coefficient (Wildman–Crippen LogP) is 1.41. The number of amides is 1. The molecule has 1 atom stereocenters. The Hall–Kier alpha value is -2.23. The zero-order valence-electron chi connectivity index (χ0n) is 14.8. The number of nitrogens with zero attached hydrogens (tertiary/aromatic N) is 3. The monoisotopic (exact) mass is 375 g/mol. The first-order chi connectivity index (χ1) is 12.2. The summed E-state index contributed by atoms with van der Waals surface area (Å²) in [7, 11) is 0. The van der Waals surface area contributed by atoms with Gasteiger partial charge in [0, 0.05) is 32.7 Å². The van der Waals surface area contributed by atoms with Crippen molar-refractivity contribution in [2.45, 2.75) is 32.6 Å². The van der Waals surface area contributed by atoms with E-state index in [1.165, 1.54) is 17.9 Å². The SMILES string of the molecule is CCNC(=NCc1ccc(C(N)=O)o1)N1CCN(C(C)C(F)(F)F)CC1. The number of alkyl halides is 3. The van der Waals surface area contributed by atoms with Gasteiger partial charge < -0.3 is 20.4 Å². The molecule has 10 heteroatoms. The Morgan fingerprint density at radius 2 is 2.00 bits per heavy atom. The summed E-state index contributed by atoms with van der Waals surface area (Å²) >= 11 is 0. The molecule has 7 nitrogen and oxygen atoms in total. The number of nitrogens with two attached hydrogens (primary N) is 1. The molecule has 0 radical (unpaired) electrons. The topological polar surface area (TPSA) is 87.1 Å². The first kappa shape index (κ1) is 20.1. The number of nitrogens with one attached hydrogen (secondary N) is 1. The molecule has 146 valence electrons. The maximum atomic E-state index is 12.8. The highest BCUT2D eigenvalue weighted by Gasteiger charge is 2.41. The van der Waals surface area contributed by atoms with Gasteiger partial charge in [0.1, 0.15) is 18.3 Å². The van der Waals surface area contributed by atoms with Crippen molar-refractivity contribution in [3.8, 4) is 0 Å². The molecule has 1 aromatic rings. The minimum atomic E-state index is -4.22. The van der Waals surface area contributed by atoms with E-state index in [9.17, 15) is 18.0 Å². The molecule has 0 aliphatic carbocycles. The molecule has 1 aliphatic rings. The first-order valence-corrected chi connectivity index (χ1v) is 8.45. The number of guanidine groups is 1. The molecule has 0 spiro atoms. The Morgan fingerprint density at radius 1 is 1.35 bits per heavy atom. The van der Waals surface area contributed by atoms with Crippen LogP contribution in [-0.4, -0.2) is 66.6 Å². The number of primary amides is 1. The lowest BCUT2D eigenvalue weighted by Crippen LogP contribution is -2.56. The third kappa shape index (κ3) is 5.13. The number of aliphatic imine (C=N–C) groups is 1. The molecule has 1 aliphatic heterocycles. The van der Waals surface area contributed by atoms with Crippen molar-refractivity contribution in [2.75, 3.05) is 32.7 Å². The fraction of sp³-hybridized carbons (Fsp3) is 0.625. The second-order valence-electron chi connectivity index (χ2n) is 6.04. The van der Waals surface area contributed by atoms with Crippen molar-refractivity contribution < 1.29 is 22.4 Å². The fourth-order valence-corrected chi connectivity index (χ4v) is 2.70. The van der Waals surface area contributed by atoms with Gasteiger partial charge in [0.15, 0.2) is 11.7 Å². The van der Waals surface area contributed by atoms with Crippen LogP contribution in [0, 0.1) is 0 Å². The lowest BCUT2D eigenvalue weighted by atomic mass is 10.2. The van der Waals surface area contributed by atoms with Crippen LogP contribution in [0.4, 0.5) is 13.2 Å². The molecule has 1 amide bonds. The fourth-order valence-electron chi connectivity index (χ4n) is 2.70. The lowest BCUT2D eigenvalue weighted by Gasteiger charge is -2.39. The van der Waals surface area contributed by atoms with E-state index in [-0.39, 0.29) is 12.3 Å². The summed E-state index contributed by atoms with van der Waals surface area (Å²) in [6, 6.07) is 1.65. The normalized spacial score (nSPS) is 18.0. The highest BCUT2D eigenvalue weighted by molar-refractivity contribution is 5.89. The largest absolute Gasteiger partial charge is 0.454 e. The molecular formula is C16H24F3N5O2. The summed E-state index contributed by atoms with van der Waals surface area (Å²) in [5.41, 5.74) is 5.14. The molecule has 1 fully saturated rings. The van der Waals surface area contributed by atoms with Crippen LogP contribution in [0.2, 0.25) is 0 Å². The maximum absolute atomic E-state index is 12.8. The molecule has 0 bridgehead atoms. The summed E-state index contributed by atoms with van der Waals surface area (Å²) in [5, 5.41) is 3.13. The van der Waals surface area contributed by atoms with Crippen molar-refractivity contribution in [3.63, 3.8) is 0 Å². The highest BCUT2D eigenvalue weighted by atomic mass is 19.4. The first-order valence-electron chi connectivity index (χ1n) is 8.45. The second-order valence-corrected chi connectivity index (χ2v) is 6.04. The molecule has 1 aromatic heterocycles. The van der Waals surface area contributed by atoms with Crippen LogP contribution < -0.4 is 11.1 Å². The van der Waals surface area contributed by atoms with Gasteiger partial charge >= 0.3 is 6.18 Å². The number of hydrogen-bond acceptors (Lipinski definition) is 4. The van der Waals surface area contributed by atoms with Crippen molar-refractivity contribution in [1.82, 2.24) is 15.1 Å². The lowest BCUT2D eigenvalue weighted by molar-refractivity contribution is -0.181. The van der Waals surface area contributed by atoms with E-state index in [2.05, 4.69) is 10.3 Å². The number of hydrogen-bond donors (Lipinski definition) is 2. The molecular weight excluding hydrogens is 351 g/mol. The Bertz CT molecular complexity index is 636. The van der Waals surface area contributed by atoms with Crippen LogP contribution in [0.5, 0.6) is 0 Å². The van der Waals surface area contributed by atoms with Gasteiger partial charge in [-0.2, -0.15) is 13.2 Å². The van der Waals surface area contributed by atoms with Gasteiger partial charge in [-0.05, 0) is 26.0 Å². The van der Waals surface area contributed by atoms with E-state index >= 15 is 0 Å². The van der Waals surface area contributed by atoms with Crippen molar-refractivity contribution >= 4 is 11.9 Å². The molecule has 1 saturated heterocycles. The maximum Gasteiger partial charge on any atom is 0.403 e. The Labute approximate surface area is 150 Å². The molecule has 1 unspecified atom stereocenters. The minimum absolute atomic E-state index is 0.0648. The van der Waals surface area contributed by atoms with E-state index in [0.717, 1.165) is 0 Å². The zero-order valence-corrected chi connectivity index (χ0v) is 14.8. The van der Waals surface area contributed by atoms with Gasteiger partial charge in [0.2, 0.25) is 0 Å². The van der Waals surface area contributed by atoms with Crippen LogP contribution in [0.1, 0.15) is 30.2 Å². The summed E-state index contributed by atoms with van der Waals surface area (Å²) in [4.78, 5) is 18.8. The molecule has 0 aromatic carbocycles. The molecule has 0 saturated carbocycles. The minimum Gasteiger partial charge on any atom is -0.454 e. The molecule has 26 heavy (non-hydrogen) atoms. The molecule has 2 heterocycles. The van der Waals surface area contributed by atoms with E-state index in [4.69, 9.17) is 10.2 Å². The van der Waals surface area contributed by atoms with Crippen molar-refractivity contribution in [1.29, 1.82) is 0 Å². The summed E-state index contributed by atoms with van der Waals surface area (Å²) in [6.45, 7) is 5.42. The van der Waals surface area contributed by atoms with Crippen molar-refractivity contribution in [3.05, 3.63) is 23.7 Å². The summed E-state index contributed by atoms with van der Waals surface area (Å²) in [5.74, 6) is 0.499. The molecule has 2 rings (SSSR count). The van der Waals surface area contributed by atoms with Gasteiger partial charge in [-0.25, -0.2) is 4.99 Å². The number of piperazine rings is 1. The summed E-state index contributed by atoms with van der Waals surface area (Å²) in [6.07, 6.45) is -4.22. The van der Waals surface area contributed by atoms with Gasteiger partial charge in [-0.1, -0.05) is 0 Å².